The maximum Gasteiger partial charge on any atom is 0.319 e. The van der Waals surface area contributed by atoms with Gasteiger partial charge in [0.1, 0.15) is 5.56 Å². The Labute approximate surface area is 115 Å². The van der Waals surface area contributed by atoms with Gasteiger partial charge in [-0.15, -0.1) is 0 Å². The number of aromatic nitrogens is 1. The molecule has 1 rings (SSSR count). The third kappa shape index (κ3) is 4.15. The van der Waals surface area contributed by atoms with E-state index in [1.165, 1.54) is 12.3 Å². The Morgan fingerprint density at radius 1 is 1.68 bits per heavy atom. The molecule has 1 atom stereocenters. The van der Waals surface area contributed by atoms with Crippen molar-refractivity contribution in [2.75, 3.05) is 13.2 Å². The summed E-state index contributed by atoms with van der Waals surface area (Å²) >= 11 is 5.63. The minimum Gasteiger partial charge on any atom is -0.380 e. The molecule has 0 bridgehead atoms. The highest BCUT2D eigenvalue weighted by molar-refractivity contribution is 6.32. The van der Waals surface area contributed by atoms with Crippen LogP contribution in [0.3, 0.4) is 0 Å². The Kier molecular flexibility index (Phi) is 5.65. The number of rotatable bonds is 6. The standard InChI is InChI=1S/C11H14ClN3O4/c1-3-19-6-7(2)14-11(16)8-4-5-13-10(12)9(8)15(17)18/h4-5,7H,3,6H2,1-2H3,(H,14,16). The molecule has 19 heavy (non-hydrogen) atoms. The number of nitrogens with zero attached hydrogens (tertiary/aromatic N) is 2. The third-order valence-corrected chi connectivity index (χ3v) is 2.53. The van der Waals surface area contributed by atoms with Crippen molar-refractivity contribution in [3.8, 4) is 0 Å². The molecule has 7 nitrogen and oxygen atoms in total. The fourth-order valence-corrected chi connectivity index (χ4v) is 1.65. The molecule has 1 heterocycles. The topological polar surface area (TPSA) is 94.4 Å². The second-order valence-corrected chi connectivity index (χ2v) is 4.15. The minimum absolute atomic E-state index is 0.117. The van der Waals surface area contributed by atoms with Crippen LogP contribution in [0.2, 0.25) is 5.15 Å². The minimum atomic E-state index is -0.725. The first kappa shape index (κ1) is 15.3. The Bertz CT molecular complexity index is 481. The lowest BCUT2D eigenvalue weighted by Crippen LogP contribution is -2.36. The predicted octanol–water partition coefficient (Wildman–Crippen LogP) is 1.80. The van der Waals surface area contributed by atoms with E-state index in [4.69, 9.17) is 16.3 Å². The van der Waals surface area contributed by atoms with Crippen LogP contribution in [0.4, 0.5) is 5.69 Å². The fraction of sp³-hybridized carbons (Fsp3) is 0.455. The number of halogens is 1. The number of hydrogen-bond acceptors (Lipinski definition) is 5. The summed E-state index contributed by atoms with van der Waals surface area (Å²) in [7, 11) is 0. The second-order valence-electron chi connectivity index (χ2n) is 3.79. The summed E-state index contributed by atoms with van der Waals surface area (Å²) in [6.45, 7) is 4.43. The number of amides is 1. The highest BCUT2D eigenvalue weighted by atomic mass is 35.5. The average Bonchev–Trinajstić information content (AvgIpc) is 2.35. The normalized spacial score (nSPS) is 11.9. The van der Waals surface area contributed by atoms with Crippen LogP contribution in [0.25, 0.3) is 0 Å². The SMILES string of the molecule is CCOCC(C)NC(=O)c1ccnc(Cl)c1[N+](=O)[O-]. The smallest absolute Gasteiger partial charge is 0.319 e. The van der Waals surface area contributed by atoms with E-state index in [0.29, 0.717) is 13.2 Å². The van der Waals surface area contributed by atoms with Gasteiger partial charge in [-0.25, -0.2) is 4.98 Å². The average molecular weight is 288 g/mol. The molecule has 1 N–H and O–H groups in total. The van der Waals surface area contributed by atoms with E-state index >= 15 is 0 Å². The first-order valence-electron chi connectivity index (χ1n) is 5.64. The molecule has 1 aromatic heterocycles. The van der Waals surface area contributed by atoms with E-state index in [1.807, 2.05) is 6.92 Å². The Morgan fingerprint density at radius 2 is 2.37 bits per heavy atom. The van der Waals surface area contributed by atoms with Gasteiger partial charge in [-0.1, -0.05) is 11.6 Å². The van der Waals surface area contributed by atoms with Crippen molar-refractivity contribution >= 4 is 23.2 Å². The van der Waals surface area contributed by atoms with E-state index in [1.54, 1.807) is 6.92 Å². The molecule has 0 aromatic carbocycles. The van der Waals surface area contributed by atoms with Gasteiger partial charge in [-0.2, -0.15) is 0 Å². The first-order valence-corrected chi connectivity index (χ1v) is 6.02. The molecule has 0 saturated carbocycles. The van der Waals surface area contributed by atoms with Gasteiger partial charge in [-0.3, -0.25) is 14.9 Å². The zero-order chi connectivity index (χ0) is 14.4. The predicted molar refractivity (Wildman–Crippen MR) is 69.3 cm³/mol. The van der Waals surface area contributed by atoms with Crippen molar-refractivity contribution in [3.63, 3.8) is 0 Å². The molecular weight excluding hydrogens is 274 g/mol. The highest BCUT2D eigenvalue weighted by Crippen LogP contribution is 2.25. The monoisotopic (exact) mass is 287 g/mol. The van der Waals surface area contributed by atoms with E-state index in [0.717, 1.165) is 0 Å². The van der Waals surface area contributed by atoms with Crippen molar-refractivity contribution in [2.45, 2.75) is 19.9 Å². The number of carbonyl (C=O) groups is 1. The van der Waals surface area contributed by atoms with Crippen LogP contribution >= 0.6 is 11.6 Å². The lowest BCUT2D eigenvalue weighted by atomic mass is 10.2. The third-order valence-electron chi connectivity index (χ3n) is 2.26. The summed E-state index contributed by atoms with van der Waals surface area (Å²) in [5.41, 5.74) is -0.612. The maximum atomic E-state index is 11.9. The van der Waals surface area contributed by atoms with Crippen LogP contribution in [0, 0.1) is 10.1 Å². The summed E-state index contributed by atoms with van der Waals surface area (Å²) in [6, 6.07) is 0.992. The quantitative estimate of drug-likeness (QED) is 0.489. The lowest BCUT2D eigenvalue weighted by molar-refractivity contribution is -0.385. The van der Waals surface area contributed by atoms with E-state index in [2.05, 4.69) is 10.3 Å². The number of carbonyl (C=O) groups excluding carboxylic acids is 1. The van der Waals surface area contributed by atoms with Gasteiger partial charge in [0.25, 0.3) is 5.91 Å². The molecule has 1 unspecified atom stereocenters. The van der Waals surface area contributed by atoms with Gasteiger partial charge in [-0.05, 0) is 19.9 Å². The van der Waals surface area contributed by atoms with Crippen LogP contribution in [0.5, 0.6) is 0 Å². The van der Waals surface area contributed by atoms with Gasteiger partial charge in [0.15, 0.2) is 0 Å². The molecule has 0 fully saturated rings. The van der Waals surface area contributed by atoms with Crippen molar-refractivity contribution in [1.82, 2.24) is 10.3 Å². The van der Waals surface area contributed by atoms with E-state index in [-0.39, 0.29) is 16.8 Å². The van der Waals surface area contributed by atoms with Crippen molar-refractivity contribution in [2.24, 2.45) is 0 Å². The maximum absolute atomic E-state index is 11.9. The second kappa shape index (κ2) is 7.01. The number of nitrogens with one attached hydrogen (secondary N) is 1. The zero-order valence-corrected chi connectivity index (χ0v) is 11.3. The summed E-state index contributed by atoms with van der Waals surface area (Å²) in [4.78, 5) is 25.7. The van der Waals surface area contributed by atoms with Crippen molar-refractivity contribution < 1.29 is 14.5 Å². The zero-order valence-electron chi connectivity index (χ0n) is 10.6. The van der Waals surface area contributed by atoms with Gasteiger partial charge in [0.2, 0.25) is 5.15 Å². The van der Waals surface area contributed by atoms with Gasteiger partial charge in [0, 0.05) is 18.8 Å². The van der Waals surface area contributed by atoms with Crippen molar-refractivity contribution in [3.05, 3.63) is 33.1 Å². The van der Waals surface area contributed by atoms with Crippen LogP contribution in [-0.2, 0) is 4.74 Å². The van der Waals surface area contributed by atoms with Crippen LogP contribution in [0.15, 0.2) is 12.3 Å². The summed E-state index contributed by atoms with van der Waals surface area (Å²) < 4.78 is 5.15. The first-order chi connectivity index (χ1) is 8.97. The van der Waals surface area contributed by atoms with Gasteiger partial charge in [0.05, 0.1) is 11.5 Å². The molecule has 0 spiro atoms. The fourth-order valence-electron chi connectivity index (χ4n) is 1.42. The molecule has 0 aliphatic carbocycles. The molecular formula is C11H14ClN3O4. The molecule has 1 aromatic rings. The molecule has 104 valence electrons. The van der Waals surface area contributed by atoms with Crippen LogP contribution < -0.4 is 5.32 Å². The number of pyridine rings is 1. The van der Waals surface area contributed by atoms with E-state index in [9.17, 15) is 14.9 Å². The lowest BCUT2D eigenvalue weighted by Gasteiger charge is -2.13. The number of nitro groups is 1. The number of hydrogen-bond donors (Lipinski definition) is 1. The van der Waals surface area contributed by atoms with Gasteiger partial charge < -0.3 is 10.1 Å². The molecule has 8 heteroatoms. The van der Waals surface area contributed by atoms with Crippen molar-refractivity contribution in [1.29, 1.82) is 0 Å². The van der Waals surface area contributed by atoms with Crippen LogP contribution in [-0.4, -0.2) is 35.1 Å². The summed E-state index contributed by atoms with van der Waals surface area (Å²) in [5, 5.41) is 13.2. The Morgan fingerprint density at radius 3 is 2.95 bits per heavy atom. The van der Waals surface area contributed by atoms with Crippen LogP contribution in [0.1, 0.15) is 24.2 Å². The largest absolute Gasteiger partial charge is 0.380 e. The summed E-state index contributed by atoms with van der Waals surface area (Å²) in [6.07, 6.45) is 1.25. The highest BCUT2D eigenvalue weighted by Gasteiger charge is 2.25. The Hall–Kier alpha value is -1.73. The molecule has 0 radical (unpaired) electrons. The van der Waals surface area contributed by atoms with Gasteiger partial charge >= 0.3 is 5.69 Å². The molecule has 1 amide bonds. The Balaban J connectivity index is 2.88. The number of ether oxygens (including phenoxy) is 1. The molecule has 0 saturated heterocycles. The summed E-state index contributed by atoms with van der Waals surface area (Å²) in [5.74, 6) is -0.580. The molecule has 0 aliphatic rings. The van der Waals surface area contributed by atoms with E-state index < -0.39 is 16.5 Å². The molecule has 0 aliphatic heterocycles.